The molecule has 2 aliphatic rings. The summed E-state index contributed by atoms with van der Waals surface area (Å²) in [7, 11) is 0. The van der Waals surface area contributed by atoms with Crippen LogP contribution in [-0.2, 0) is 16.0 Å². The van der Waals surface area contributed by atoms with Crippen LogP contribution >= 0.6 is 0 Å². The number of carbonyl (C=O) groups is 2. The Balaban J connectivity index is 1.48. The zero-order valence-corrected chi connectivity index (χ0v) is 19.8. The number of amides is 1. The van der Waals surface area contributed by atoms with Crippen molar-refractivity contribution in [1.82, 2.24) is 10.2 Å². The molecule has 2 unspecified atom stereocenters. The fourth-order valence-electron chi connectivity index (χ4n) is 4.93. The number of nitrogens with one attached hydrogen (secondary N) is 1. The van der Waals surface area contributed by atoms with Crippen molar-refractivity contribution in [2.75, 3.05) is 19.7 Å². The standard InChI is InChI=1S/C27H32N2O4/c1-16-11-17(2)18(3)25(12-16)33-10-9-20-5-7-21(8-6-20)23-13-22-14-29(19(4)30)15-24(28-22)26(23)27(31)32/h5-8,11-12,22,24,28H,9-10,13-15H2,1-4H3,(H,31,32). The molecule has 6 heteroatoms. The summed E-state index contributed by atoms with van der Waals surface area (Å²) in [6.07, 6.45) is 1.37. The lowest BCUT2D eigenvalue weighted by molar-refractivity contribution is -0.135. The third-order valence-corrected chi connectivity index (χ3v) is 6.80. The lowest BCUT2D eigenvalue weighted by Gasteiger charge is -2.43. The minimum atomic E-state index is -0.923. The van der Waals surface area contributed by atoms with Crippen molar-refractivity contribution in [3.05, 3.63) is 69.8 Å². The van der Waals surface area contributed by atoms with E-state index >= 15 is 0 Å². The number of benzene rings is 2. The molecule has 0 aliphatic carbocycles. The molecule has 2 N–H and O–H groups in total. The SMILES string of the molecule is CC(=O)N1CC2CC(c3ccc(CCOc4cc(C)cc(C)c4C)cc3)=C(C(=O)O)C(C1)N2. The quantitative estimate of drug-likeness (QED) is 0.705. The van der Waals surface area contributed by atoms with E-state index in [4.69, 9.17) is 4.74 Å². The maximum absolute atomic E-state index is 12.1. The molecule has 33 heavy (non-hydrogen) atoms. The summed E-state index contributed by atoms with van der Waals surface area (Å²) in [6.45, 7) is 9.37. The summed E-state index contributed by atoms with van der Waals surface area (Å²) in [4.78, 5) is 25.7. The van der Waals surface area contributed by atoms with E-state index in [-0.39, 0.29) is 18.0 Å². The third-order valence-electron chi connectivity index (χ3n) is 6.80. The smallest absolute Gasteiger partial charge is 0.333 e. The molecule has 1 fully saturated rings. The summed E-state index contributed by atoms with van der Waals surface area (Å²) in [5, 5.41) is 13.3. The molecular weight excluding hydrogens is 416 g/mol. The fourth-order valence-corrected chi connectivity index (χ4v) is 4.93. The van der Waals surface area contributed by atoms with Gasteiger partial charge in [-0.15, -0.1) is 0 Å². The number of piperazine rings is 1. The molecule has 0 aromatic heterocycles. The number of nitrogens with zero attached hydrogens (tertiary/aromatic N) is 1. The number of carbonyl (C=O) groups excluding carboxylic acids is 1. The number of ether oxygens (including phenoxy) is 1. The Morgan fingerprint density at radius 3 is 2.52 bits per heavy atom. The fraction of sp³-hybridized carbons (Fsp3) is 0.407. The van der Waals surface area contributed by atoms with Crippen LogP contribution in [0.2, 0.25) is 0 Å². The Morgan fingerprint density at radius 2 is 1.85 bits per heavy atom. The molecule has 2 bridgehead atoms. The maximum atomic E-state index is 12.1. The van der Waals surface area contributed by atoms with Gasteiger partial charge in [0.15, 0.2) is 0 Å². The molecule has 2 aromatic carbocycles. The summed E-state index contributed by atoms with van der Waals surface area (Å²) in [5.74, 6) is -0.00356. The van der Waals surface area contributed by atoms with Crippen molar-refractivity contribution in [1.29, 1.82) is 0 Å². The van der Waals surface area contributed by atoms with Crippen molar-refractivity contribution in [2.45, 2.75) is 52.6 Å². The minimum Gasteiger partial charge on any atom is -0.493 e. The second-order valence-corrected chi connectivity index (χ2v) is 9.24. The minimum absolute atomic E-state index is 0.0118. The predicted molar refractivity (Wildman–Crippen MR) is 128 cm³/mol. The Kier molecular flexibility index (Phi) is 6.56. The zero-order chi connectivity index (χ0) is 23.7. The van der Waals surface area contributed by atoms with E-state index in [9.17, 15) is 14.7 Å². The van der Waals surface area contributed by atoms with E-state index in [2.05, 4.69) is 50.4 Å². The van der Waals surface area contributed by atoms with Gasteiger partial charge in [0.1, 0.15) is 5.75 Å². The van der Waals surface area contributed by atoms with Crippen molar-refractivity contribution < 1.29 is 19.4 Å². The second kappa shape index (κ2) is 9.40. The normalized spacial score (nSPS) is 20.1. The van der Waals surface area contributed by atoms with Crippen LogP contribution in [0, 0.1) is 20.8 Å². The number of carboxylic acids is 1. The van der Waals surface area contributed by atoms with E-state index in [1.165, 1.54) is 23.6 Å². The van der Waals surface area contributed by atoms with E-state index in [1.807, 2.05) is 12.1 Å². The Bertz CT molecular complexity index is 1100. The van der Waals surface area contributed by atoms with Gasteiger partial charge in [0, 0.05) is 32.5 Å². The molecule has 2 heterocycles. The zero-order valence-electron chi connectivity index (χ0n) is 19.8. The Hall–Kier alpha value is -3.12. The maximum Gasteiger partial charge on any atom is 0.333 e. The third kappa shape index (κ3) is 4.96. The van der Waals surface area contributed by atoms with Crippen LogP contribution in [0.4, 0.5) is 0 Å². The van der Waals surface area contributed by atoms with E-state index in [1.54, 1.807) is 4.90 Å². The number of rotatable bonds is 6. The highest BCUT2D eigenvalue weighted by atomic mass is 16.5. The number of aryl methyl sites for hydroxylation is 2. The van der Waals surface area contributed by atoms with Gasteiger partial charge in [0.25, 0.3) is 0 Å². The van der Waals surface area contributed by atoms with Crippen molar-refractivity contribution in [2.24, 2.45) is 0 Å². The van der Waals surface area contributed by atoms with Crippen LogP contribution in [0.1, 0.15) is 41.2 Å². The first kappa shape index (κ1) is 23.1. The first-order chi connectivity index (χ1) is 15.7. The van der Waals surface area contributed by atoms with Gasteiger partial charge in [-0.1, -0.05) is 30.3 Å². The molecule has 0 spiro atoms. The molecular formula is C27H32N2O4. The molecule has 4 rings (SSSR count). The van der Waals surface area contributed by atoms with E-state index in [0.717, 1.165) is 28.9 Å². The highest BCUT2D eigenvalue weighted by molar-refractivity contribution is 5.98. The number of hydrogen-bond acceptors (Lipinski definition) is 4. The first-order valence-electron chi connectivity index (χ1n) is 11.5. The molecule has 2 atom stereocenters. The van der Waals surface area contributed by atoms with Gasteiger partial charge in [-0.2, -0.15) is 0 Å². The molecule has 1 saturated heterocycles. The topological polar surface area (TPSA) is 78.9 Å². The van der Waals surface area contributed by atoms with Gasteiger partial charge in [0.05, 0.1) is 18.2 Å². The molecule has 2 aromatic rings. The van der Waals surface area contributed by atoms with Crippen LogP contribution < -0.4 is 10.1 Å². The summed E-state index contributed by atoms with van der Waals surface area (Å²) in [5.41, 5.74) is 6.92. The Labute approximate surface area is 195 Å². The van der Waals surface area contributed by atoms with Crippen molar-refractivity contribution >= 4 is 17.4 Å². The van der Waals surface area contributed by atoms with Gasteiger partial charge >= 0.3 is 5.97 Å². The van der Waals surface area contributed by atoms with E-state index < -0.39 is 5.97 Å². The number of aliphatic carboxylic acids is 1. The summed E-state index contributed by atoms with van der Waals surface area (Å²) < 4.78 is 6.05. The van der Waals surface area contributed by atoms with Crippen LogP contribution in [0.25, 0.3) is 5.57 Å². The van der Waals surface area contributed by atoms with Gasteiger partial charge in [-0.05, 0) is 66.6 Å². The lowest BCUT2D eigenvalue weighted by Crippen LogP contribution is -2.61. The highest BCUT2D eigenvalue weighted by Crippen LogP contribution is 2.33. The van der Waals surface area contributed by atoms with Crippen LogP contribution in [0.3, 0.4) is 0 Å². The molecule has 2 aliphatic heterocycles. The van der Waals surface area contributed by atoms with Crippen LogP contribution in [0.5, 0.6) is 5.75 Å². The molecule has 6 nitrogen and oxygen atoms in total. The van der Waals surface area contributed by atoms with Gasteiger partial charge in [-0.25, -0.2) is 4.79 Å². The van der Waals surface area contributed by atoms with Crippen molar-refractivity contribution in [3.8, 4) is 5.75 Å². The first-order valence-corrected chi connectivity index (χ1v) is 11.5. The van der Waals surface area contributed by atoms with Gasteiger partial charge in [0.2, 0.25) is 5.91 Å². The summed E-state index contributed by atoms with van der Waals surface area (Å²) >= 11 is 0. The highest BCUT2D eigenvalue weighted by Gasteiger charge is 2.38. The van der Waals surface area contributed by atoms with E-state index in [0.29, 0.717) is 31.7 Å². The number of fused-ring (bicyclic) bond motifs is 2. The predicted octanol–water partition coefficient (Wildman–Crippen LogP) is 3.66. The van der Waals surface area contributed by atoms with Crippen LogP contribution in [0.15, 0.2) is 42.0 Å². The number of hydrogen-bond donors (Lipinski definition) is 2. The van der Waals surface area contributed by atoms with Gasteiger partial charge < -0.3 is 20.1 Å². The molecule has 174 valence electrons. The van der Waals surface area contributed by atoms with Gasteiger partial charge in [-0.3, -0.25) is 4.79 Å². The largest absolute Gasteiger partial charge is 0.493 e. The van der Waals surface area contributed by atoms with Crippen LogP contribution in [-0.4, -0.2) is 53.7 Å². The summed E-state index contributed by atoms with van der Waals surface area (Å²) in [6, 6.07) is 12.1. The molecule has 0 radical (unpaired) electrons. The monoisotopic (exact) mass is 448 g/mol. The Morgan fingerprint density at radius 1 is 1.12 bits per heavy atom. The average molecular weight is 449 g/mol. The molecule has 1 amide bonds. The van der Waals surface area contributed by atoms with Crippen molar-refractivity contribution in [3.63, 3.8) is 0 Å². The average Bonchev–Trinajstić information content (AvgIpc) is 2.76. The molecule has 0 saturated carbocycles. The lowest BCUT2D eigenvalue weighted by atomic mass is 9.83. The second-order valence-electron chi connectivity index (χ2n) is 9.24. The number of carboxylic acid groups (broad SMARTS) is 1.